The maximum Gasteiger partial charge on any atom is 0.170 e. The van der Waals surface area contributed by atoms with E-state index in [1.807, 2.05) is 24.3 Å². The number of para-hydroxylation sites is 1. The lowest BCUT2D eigenvalue weighted by Gasteiger charge is -2.30. The monoisotopic (exact) mass is 441 g/mol. The van der Waals surface area contributed by atoms with Crippen LogP contribution in [0, 0.1) is 5.92 Å². The summed E-state index contributed by atoms with van der Waals surface area (Å²) in [6.45, 7) is 2.27. The maximum absolute atomic E-state index is 12.7. The molecule has 0 bridgehead atoms. The largest absolute Gasteiger partial charge is 0.508 e. The van der Waals surface area contributed by atoms with E-state index in [-0.39, 0.29) is 17.5 Å². The Morgan fingerprint density at radius 1 is 1.11 bits per heavy atom. The number of phenolic OH excluding ortho intramolecular Hbond substituents is 1. The summed E-state index contributed by atoms with van der Waals surface area (Å²) in [6, 6.07) is 14.3. The second-order valence-corrected chi connectivity index (χ2v) is 7.77. The van der Waals surface area contributed by atoms with Gasteiger partial charge in [0, 0.05) is 16.0 Å². The predicted molar refractivity (Wildman–Crippen MR) is 107 cm³/mol. The minimum absolute atomic E-state index is 0.0139. The van der Waals surface area contributed by atoms with Gasteiger partial charge in [0.2, 0.25) is 0 Å². The highest BCUT2D eigenvalue weighted by atomic mass is 79.9. The predicted octanol–water partition coefficient (Wildman–Crippen LogP) is 3.23. The Bertz CT molecular complexity index is 965. The molecule has 0 amide bonds. The van der Waals surface area contributed by atoms with E-state index in [2.05, 4.69) is 36.4 Å². The van der Waals surface area contributed by atoms with E-state index in [4.69, 9.17) is 0 Å². The lowest BCUT2D eigenvalue weighted by Crippen LogP contribution is -2.36. The fourth-order valence-electron chi connectivity index (χ4n) is 3.53. The molecule has 1 aromatic heterocycles. The van der Waals surface area contributed by atoms with Crippen LogP contribution in [-0.2, 0) is 6.54 Å². The minimum atomic E-state index is 0.0139. The molecule has 0 unspecified atom stereocenters. The Kier molecular flexibility index (Phi) is 5.50. The average Bonchev–Trinajstić information content (AvgIpc) is 3.17. The van der Waals surface area contributed by atoms with Crippen LogP contribution in [0.1, 0.15) is 29.0 Å². The highest BCUT2D eigenvalue weighted by Gasteiger charge is 2.27. The van der Waals surface area contributed by atoms with Crippen molar-refractivity contribution in [2.75, 3.05) is 13.1 Å². The summed E-state index contributed by atoms with van der Waals surface area (Å²) in [5.74, 6) is 1.11. The van der Waals surface area contributed by atoms with Crippen LogP contribution in [0.4, 0.5) is 0 Å². The van der Waals surface area contributed by atoms with E-state index in [1.54, 1.807) is 28.9 Å². The second-order valence-electron chi connectivity index (χ2n) is 6.92. The van der Waals surface area contributed by atoms with Gasteiger partial charge in [0.15, 0.2) is 11.6 Å². The number of nitrogens with zero attached hydrogens (tertiary/aromatic N) is 5. The Morgan fingerprint density at radius 2 is 1.82 bits per heavy atom. The summed E-state index contributed by atoms with van der Waals surface area (Å²) in [4.78, 5) is 14.9. The quantitative estimate of drug-likeness (QED) is 0.611. The molecule has 144 valence electrons. The molecule has 1 N–H and O–H groups in total. The molecule has 1 aliphatic heterocycles. The molecule has 0 atom stereocenters. The van der Waals surface area contributed by atoms with Gasteiger partial charge in [0.05, 0.1) is 12.2 Å². The zero-order valence-electron chi connectivity index (χ0n) is 15.2. The first-order chi connectivity index (χ1) is 13.6. The van der Waals surface area contributed by atoms with Crippen LogP contribution in [0.15, 0.2) is 53.0 Å². The smallest absolute Gasteiger partial charge is 0.170 e. The number of aromatic nitrogens is 4. The fourth-order valence-corrected chi connectivity index (χ4v) is 3.98. The van der Waals surface area contributed by atoms with Crippen LogP contribution in [0.5, 0.6) is 5.75 Å². The summed E-state index contributed by atoms with van der Waals surface area (Å²) >= 11 is 3.54. The van der Waals surface area contributed by atoms with Crippen LogP contribution in [0.2, 0.25) is 0 Å². The SMILES string of the molecule is O=C(c1ccc(O)cc1)C1CCN(Cc2nnnn2-c2ccccc2Br)CC1. The number of piperidine rings is 1. The van der Waals surface area contributed by atoms with Gasteiger partial charge in [-0.3, -0.25) is 9.69 Å². The van der Waals surface area contributed by atoms with E-state index in [1.165, 1.54) is 0 Å². The van der Waals surface area contributed by atoms with Crippen molar-refractivity contribution < 1.29 is 9.90 Å². The van der Waals surface area contributed by atoms with Crippen molar-refractivity contribution in [2.45, 2.75) is 19.4 Å². The van der Waals surface area contributed by atoms with Gasteiger partial charge in [-0.2, -0.15) is 4.68 Å². The first kappa shape index (κ1) is 18.8. The minimum Gasteiger partial charge on any atom is -0.508 e. The molecule has 4 rings (SSSR count). The third kappa shape index (κ3) is 3.98. The van der Waals surface area contributed by atoms with Gasteiger partial charge in [-0.15, -0.1) is 5.10 Å². The third-order valence-electron chi connectivity index (χ3n) is 5.09. The lowest BCUT2D eigenvalue weighted by molar-refractivity contribution is 0.0832. The Morgan fingerprint density at radius 3 is 2.54 bits per heavy atom. The molecule has 0 saturated carbocycles. The molecule has 0 spiro atoms. The second kappa shape index (κ2) is 8.20. The molecular weight excluding hydrogens is 422 g/mol. The van der Waals surface area contributed by atoms with Gasteiger partial charge < -0.3 is 5.11 Å². The summed E-state index contributed by atoms with van der Waals surface area (Å²) < 4.78 is 2.68. The van der Waals surface area contributed by atoms with E-state index in [0.29, 0.717) is 12.1 Å². The number of hydrogen-bond acceptors (Lipinski definition) is 6. The number of hydrogen-bond donors (Lipinski definition) is 1. The van der Waals surface area contributed by atoms with Crippen LogP contribution in [0.25, 0.3) is 5.69 Å². The summed E-state index contributed by atoms with van der Waals surface area (Å²) in [7, 11) is 0. The van der Waals surface area contributed by atoms with Crippen molar-refractivity contribution in [1.82, 2.24) is 25.1 Å². The molecule has 2 aromatic carbocycles. The van der Waals surface area contributed by atoms with Gasteiger partial charge in [0.1, 0.15) is 5.75 Å². The first-order valence-electron chi connectivity index (χ1n) is 9.19. The zero-order chi connectivity index (χ0) is 19.5. The highest BCUT2D eigenvalue weighted by molar-refractivity contribution is 9.10. The molecule has 1 fully saturated rings. The van der Waals surface area contributed by atoms with E-state index in [0.717, 1.165) is 41.9 Å². The molecule has 8 heteroatoms. The van der Waals surface area contributed by atoms with Crippen molar-refractivity contribution in [2.24, 2.45) is 5.92 Å². The Hall–Kier alpha value is -2.58. The standard InChI is InChI=1S/C20H20BrN5O2/c21-17-3-1-2-4-18(17)26-19(22-23-24-26)13-25-11-9-15(10-12-25)20(28)14-5-7-16(27)8-6-14/h1-8,15,27H,9-13H2. The van der Waals surface area contributed by atoms with Crippen molar-refractivity contribution in [3.8, 4) is 11.4 Å². The molecule has 1 saturated heterocycles. The van der Waals surface area contributed by atoms with E-state index < -0.39 is 0 Å². The van der Waals surface area contributed by atoms with Gasteiger partial charge in [-0.25, -0.2) is 0 Å². The van der Waals surface area contributed by atoms with Crippen molar-refractivity contribution in [3.63, 3.8) is 0 Å². The van der Waals surface area contributed by atoms with Crippen LogP contribution in [0.3, 0.4) is 0 Å². The number of aromatic hydroxyl groups is 1. The van der Waals surface area contributed by atoms with Gasteiger partial charge in [0.25, 0.3) is 0 Å². The van der Waals surface area contributed by atoms with Crippen molar-refractivity contribution >= 4 is 21.7 Å². The van der Waals surface area contributed by atoms with Crippen molar-refractivity contribution in [1.29, 1.82) is 0 Å². The lowest BCUT2D eigenvalue weighted by atomic mass is 9.89. The molecule has 7 nitrogen and oxygen atoms in total. The number of halogens is 1. The van der Waals surface area contributed by atoms with Gasteiger partial charge in [-0.05, 0) is 88.7 Å². The zero-order valence-corrected chi connectivity index (χ0v) is 16.8. The molecule has 2 heterocycles. The molecule has 0 aliphatic carbocycles. The average molecular weight is 442 g/mol. The number of Topliss-reactive ketones (excluding diaryl/α,β-unsaturated/α-hetero) is 1. The molecule has 0 radical (unpaired) electrons. The van der Waals surface area contributed by atoms with E-state index >= 15 is 0 Å². The molecule has 3 aromatic rings. The molecular formula is C20H20BrN5O2. The number of ketones is 1. The summed E-state index contributed by atoms with van der Waals surface area (Å²) in [5.41, 5.74) is 1.56. The van der Waals surface area contributed by atoms with Crippen LogP contribution < -0.4 is 0 Å². The van der Waals surface area contributed by atoms with Crippen LogP contribution in [-0.4, -0.2) is 49.1 Å². The number of carbonyl (C=O) groups is 1. The third-order valence-corrected chi connectivity index (χ3v) is 5.76. The number of tetrazole rings is 1. The summed E-state index contributed by atoms with van der Waals surface area (Å²) in [6.07, 6.45) is 1.60. The van der Waals surface area contributed by atoms with Gasteiger partial charge in [-0.1, -0.05) is 12.1 Å². The molecule has 28 heavy (non-hydrogen) atoms. The van der Waals surface area contributed by atoms with Gasteiger partial charge >= 0.3 is 0 Å². The number of phenols is 1. The topological polar surface area (TPSA) is 84.1 Å². The maximum atomic E-state index is 12.7. The van der Waals surface area contributed by atoms with Crippen LogP contribution >= 0.6 is 15.9 Å². The normalized spacial score (nSPS) is 15.6. The number of benzene rings is 2. The first-order valence-corrected chi connectivity index (χ1v) is 9.99. The number of likely N-dealkylation sites (tertiary alicyclic amines) is 1. The fraction of sp³-hybridized carbons (Fsp3) is 0.300. The Labute approximate surface area is 171 Å². The Balaban J connectivity index is 1.39. The van der Waals surface area contributed by atoms with E-state index in [9.17, 15) is 9.90 Å². The summed E-state index contributed by atoms with van der Waals surface area (Å²) in [5, 5.41) is 21.5. The highest BCUT2D eigenvalue weighted by Crippen LogP contribution is 2.25. The number of carbonyl (C=O) groups excluding carboxylic acids is 1. The van der Waals surface area contributed by atoms with Crippen molar-refractivity contribution in [3.05, 3.63) is 64.4 Å². The number of rotatable bonds is 5. The molecule has 1 aliphatic rings.